The minimum atomic E-state index is -0.385. The zero-order valence-corrected chi connectivity index (χ0v) is 12.1. The average Bonchev–Trinajstić information content (AvgIpc) is 2.77. The number of nitriles is 1. The number of rotatable bonds is 4. The summed E-state index contributed by atoms with van der Waals surface area (Å²) in [4.78, 5) is 15.6. The van der Waals surface area contributed by atoms with Crippen LogP contribution in [0.5, 0.6) is 0 Å². The molecule has 0 saturated carbocycles. The van der Waals surface area contributed by atoms with Gasteiger partial charge in [0, 0.05) is 12.5 Å². The van der Waals surface area contributed by atoms with Gasteiger partial charge in [0.05, 0.1) is 16.5 Å². The lowest BCUT2D eigenvalue weighted by Crippen LogP contribution is -2.19. The fourth-order valence-corrected chi connectivity index (χ4v) is 2.51. The Balaban J connectivity index is 2.70. The molecule has 0 saturated heterocycles. The maximum absolute atomic E-state index is 11.1. The van der Waals surface area contributed by atoms with Crippen LogP contribution in [0.25, 0.3) is 11.0 Å². The van der Waals surface area contributed by atoms with E-state index in [0.717, 1.165) is 5.52 Å². The van der Waals surface area contributed by atoms with Gasteiger partial charge in [-0.3, -0.25) is 4.79 Å². The Morgan fingerprint density at radius 2 is 2.25 bits per heavy atom. The topological polar surface area (TPSA) is 84.7 Å². The summed E-state index contributed by atoms with van der Waals surface area (Å²) in [6.07, 6.45) is 0.193. The third kappa shape index (κ3) is 2.47. The van der Waals surface area contributed by atoms with Gasteiger partial charge >= 0.3 is 0 Å². The largest absolute Gasteiger partial charge is 0.370 e. The van der Waals surface area contributed by atoms with Crippen molar-refractivity contribution in [2.24, 2.45) is 5.73 Å². The van der Waals surface area contributed by atoms with Crippen molar-refractivity contribution in [3.8, 4) is 6.07 Å². The summed E-state index contributed by atoms with van der Waals surface area (Å²) in [5.41, 5.74) is 7.16. The molecule has 2 rings (SSSR count). The van der Waals surface area contributed by atoms with E-state index in [1.165, 1.54) is 0 Å². The van der Waals surface area contributed by atoms with Gasteiger partial charge in [-0.15, -0.1) is 11.6 Å². The number of halogens is 1. The number of hydrogen-bond donors (Lipinski definition) is 1. The summed E-state index contributed by atoms with van der Waals surface area (Å²) in [6.45, 7) is 3.69. The van der Waals surface area contributed by atoms with Gasteiger partial charge in [0.15, 0.2) is 0 Å². The molecule has 0 fully saturated rings. The van der Waals surface area contributed by atoms with Crippen molar-refractivity contribution in [3.05, 3.63) is 29.6 Å². The van der Waals surface area contributed by atoms with Crippen molar-refractivity contribution in [1.82, 2.24) is 9.55 Å². The Hall–Kier alpha value is -2.06. The molecule has 0 radical (unpaired) electrons. The predicted octanol–water partition coefficient (Wildman–Crippen LogP) is 2.64. The number of hydrogen-bond acceptors (Lipinski definition) is 3. The van der Waals surface area contributed by atoms with Gasteiger partial charge < -0.3 is 10.3 Å². The molecule has 2 unspecified atom stereocenters. The van der Waals surface area contributed by atoms with Crippen LogP contribution in [0.3, 0.4) is 0 Å². The van der Waals surface area contributed by atoms with Crippen LogP contribution < -0.4 is 5.73 Å². The molecule has 104 valence electrons. The Morgan fingerprint density at radius 1 is 1.55 bits per heavy atom. The SMILES string of the molecule is CC(Cl)c1nc2c(C#N)cccc2n1C(C)CC(N)=O. The van der Waals surface area contributed by atoms with E-state index in [1.54, 1.807) is 12.1 Å². The van der Waals surface area contributed by atoms with Crippen LogP contribution >= 0.6 is 11.6 Å². The number of imidazole rings is 1. The lowest BCUT2D eigenvalue weighted by molar-refractivity contribution is -0.118. The molecular formula is C14H15ClN4O. The highest BCUT2D eigenvalue weighted by Gasteiger charge is 2.21. The van der Waals surface area contributed by atoms with Crippen LogP contribution in [-0.4, -0.2) is 15.5 Å². The van der Waals surface area contributed by atoms with E-state index in [4.69, 9.17) is 22.6 Å². The Morgan fingerprint density at radius 3 is 2.80 bits per heavy atom. The van der Waals surface area contributed by atoms with Crippen molar-refractivity contribution >= 4 is 28.5 Å². The Bertz CT molecular complexity index is 699. The number of nitrogens with zero attached hydrogens (tertiary/aromatic N) is 3. The van der Waals surface area contributed by atoms with E-state index in [9.17, 15) is 4.79 Å². The summed E-state index contributed by atoms with van der Waals surface area (Å²) >= 11 is 6.17. The van der Waals surface area contributed by atoms with E-state index in [0.29, 0.717) is 16.9 Å². The molecule has 2 aromatic rings. The van der Waals surface area contributed by atoms with Gasteiger partial charge in [-0.2, -0.15) is 5.26 Å². The van der Waals surface area contributed by atoms with Crippen LogP contribution in [0.15, 0.2) is 18.2 Å². The minimum absolute atomic E-state index is 0.164. The lowest BCUT2D eigenvalue weighted by Gasteiger charge is -2.17. The number of benzene rings is 1. The number of carbonyl (C=O) groups excluding carboxylic acids is 1. The summed E-state index contributed by atoms with van der Waals surface area (Å²) < 4.78 is 1.89. The normalized spacial score (nSPS) is 13.9. The second kappa shape index (κ2) is 5.51. The predicted molar refractivity (Wildman–Crippen MR) is 77.2 cm³/mol. The number of carbonyl (C=O) groups is 1. The summed E-state index contributed by atoms with van der Waals surface area (Å²) in [6, 6.07) is 7.32. The number of alkyl halides is 1. The monoisotopic (exact) mass is 290 g/mol. The molecular weight excluding hydrogens is 276 g/mol. The first-order valence-electron chi connectivity index (χ1n) is 6.29. The van der Waals surface area contributed by atoms with Crippen molar-refractivity contribution in [2.75, 3.05) is 0 Å². The van der Waals surface area contributed by atoms with E-state index < -0.39 is 0 Å². The summed E-state index contributed by atoms with van der Waals surface area (Å²) in [7, 11) is 0. The smallest absolute Gasteiger partial charge is 0.219 e. The summed E-state index contributed by atoms with van der Waals surface area (Å²) in [5.74, 6) is 0.252. The second-order valence-electron chi connectivity index (χ2n) is 4.76. The third-order valence-electron chi connectivity index (χ3n) is 3.16. The number of nitrogens with two attached hydrogens (primary N) is 1. The second-order valence-corrected chi connectivity index (χ2v) is 5.42. The quantitative estimate of drug-likeness (QED) is 0.878. The standard InChI is InChI=1S/C14H15ClN4O/c1-8(6-12(17)20)19-11-5-3-4-10(7-16)13(11)18-14(19)9(2)15/h3-5,8-9H,6H2,1-2H3,(H2,17,20). The molecule has 1 aromatic heterocycles. The summed E-state index contributed by atoms with van der Waals surface area (Å²) in [5, 5.41) is 8.82. The molecule has 6 heteroatoms. The molecule has 2 atom stereocenters. The number of para-hydroxylation sites is 1. The van der Waals surface area contributed by atoms with Crippen LogP contribution in [0.4, 0.5) is 0 Å². The molecule has 0 spiro atoms. The average molecular weight is 291 g/mol. The van der Waals surface area contributed by atoms with Gasteiger partial charge in [0.1, 0.15) is 17.4 Å². The van der Waals surface area contributed by atoms with Crippen molar-refractivity contribution in [1.29, 1.82) is 5.26 Å². The molecule has 0 bridgehead atoms. The van der Waals surface area contributed by atoms with Crippen LogP contribution in [0.2, 0.25) is 0 Å². The number of primary amides is 1. The van der Waals surface area contributed by atoms with Crippen molar-refractivity contribution in [2.45, 2.75) is 31.7 Å². The van der Waals surface area contributed by atoms with E-state index in [1.807, 2.05) is 24.5 Å². The molecule has 1 heterocycles. The zero-order chi connectivity index (χ0) is 14.9. The fourth-order valence-electron chi connectivity index (χ4n) is 2.35. The lowest BCUT2D eigenvalue weighted by atomic mass is 10.1. The van der Waals surface area contributed by atoms with Crippen molar-refractivity contribution in [3.63, 3.8) is 0 Å². The molecule has 5 nitrogen and oxygen atoms in total. The molecule has 2 N–H and O–H groups in total. The minimum Gasteiger partial charge on any atom is -0.370 e. The molecule has 20 heavy (non-hydrogen) atoms. The van der Waals surface area contributed by atoms with Crippen LogP contribution in [0, 0.1) is 11.3 Å². The Labute approximate surface area is 122 Å². The van der Waals surface area contributed by atoms with Gasteiger partial charge in [-0.1, -0.05) is 6.07 Å². The molecule has 0 aliphatic rings. The Kier molecular flexibility index (Phi) is 3.96. The maximum Gasteiger partial charge on any atom is 0.219 e. The molecule has 0 aliphatic carbocycles. The van der Waals surface area contributed by atoms with E-state index >= 15 is 0 Å². The van der Waals surface area contributed by atoms with Gasteiger partial charge in [0.2, 0.25) is 5.91 Å². The first-order valence-corrected chi connectivity index (χ1v) is 6.72. The first-order chi connectivity index (χ1) is 9.45. The van der Waals surface area contributed by atoms with E-state index in [2.05, 4.69) is 11.1 Å². The van der Waals surface area contributed by atoms with Crippen LogP contribution in [0.1, 0.15) is 43.1 Å². The van der Waals surface area contributed by atoms with Gasteiger partial charge in [-0.05, 0) is 26.0 Å². The van der Waals surface area contributed by atoms with Crippen molar-refractivity contribution < 1.29 is 4.79 Å². The first kappa shape index (κ1) is 14.4. The number of amides is 1. The molecule has 0 aliphatic heterocycles. The van der Waals surface area contributed by atoms with E-state index in [-0.39, 0.29) is 23.7 Å². The highest BCUT2D eigenvalue weighted by molar-refractivity contribution is 6.20. The molecule has 1 amide bonds. The van der Waals surface area contributed by atoms with Crippen LogP contribution in [-0.2, 0) is 4.79 Å². The zero-order valence-electron chi connectivity index (χ0n) is 11.3. The highest BCUT2D eigenvalue weighted by atomic mass is 35.5. The molecule has 1 aromatic carbocycles. The van der Waals surface area contributed by atoms with Gasteiger partial charge in [0.25, 0.3) is 0 Å². The maximum atomic E-state index is 11.1. The highest BCUT2D eigenvalue weighted by Crippen LogP contribution is 2.30. The van der Waals surface area contributed by atoms with Gasteiger partial charge in [-0.25, -0.2) is 4.98 Å². The fraction of sp³-hybridized carbons (Fsp3) is 0.357. The third-order valence-corrected chi connectivity index (χ3v) is 3.36. The number of fused-ring (bicyclic) bond motifs is 1. The number of aromatic nitrogens is 2.